The lowest BCUT2D eigenvalue weighted by molar-refractivity contribution is -0.133. The van der Waals surface area contributed by atoms with Crippen molar-refractivity contribution >= 4 is 5.91 Å². The molecule has 0 bridgehead atoms. The summed E-state index contributed by atoms with van der Waals surface area (Å²) in [6.07, 6.45) is 1.83. The first-order chi connectivity index (χ1) is 11.4. The smallest absolute Gasteiger partial charge is 0.230 e. The second-order valence-electron chi connectivity index (χ2n) is 6.93. The van der Waals surface area contributed by atoms with E-state index in [1.165, 1.54) is 0 Å². The Bertz CT molecular complexity index is 732. The topological polar surface area (TPSA) is 72.4 Å². The zero-order valence-corrected chi connectivity index (χ0v) is 15.0. The summed E-state index contributed by atoms with van der Waals surface area (Å²) >= 11 is 0. The van der Waals surface area contributed by atoms with Crippen molar-refractivity contribution in [2.75, 3.05) is 6.54 Å². The fraction of sp³-hybridized carbons (Fsp3) is 0.611. The van der Waals surface area contributed by atoms with Crippen LogP contribution in [0.5, 0.6) is 0 Å². The highest BCUT2D eigenvalue weighted by molar-refractivity contribution is 5.84. The van der Waals surface area contributed by atoms with E-state index in [0.29, 0.717) is 11.7 Å². The summed E-state index contributed by atoms with van der Waals surface area (Å²) in [4.78, 5) is 19.4. The Morgan fingerprint density at radius 1 is 1.33 bits per heavy atom. The molecule has 3 heterocycles. The van der Waals surface area contributed by atoms with Gasteiger partial charge in [0.25, 0.3) is 0 Å². The maximum Gasteiger partial charge on any atom is 0.230 e. The number of aromatic nitrogens is 2. The first-order valence-electron chi connectivity index (χ1n) is 8.59. The molecule has 3 rings (SSSR count). The van der Waals surface area contributed by atoms with Crippen LogP contribution in [0.25, 0.3) is 0 Å². The summed E-state index contributed by atoms with van der Waals surface area (Å²) in [5.74, 6) is 2.94. The van der Waals surface area contributed by atoms with Crippen molar-refractivity contribution in [3.63, 3.8) is 0 Å². The quantitative estimate of drug-likeness (QED) is 0.850. The molecular weight excluding hydrogens is 306 g/mol. The van der Waals surface area contributed by atoms with E-state index in [1.54, 1.807) is 0 Å². The third-order valence-electron chi connectivity index (χ3n) is 4.70. The minimum absolute atomic E-state index is 0.0931. The van der Waals surface area contributed by atoms with Gasteiger partial charge in [-0.05, 0) is 39.7 Å². The third-order valence-corrected chi connectivity index (χ3v) is 4.70. The highest BCUT2D eigenvalue weighted by Gasteiger charge is 2.36. The Labute approximate surface area is 142 Å². The van der Waals surface area contributed by atoms with Crippen LogP contribution in [-0.2, 0) is 4.79 Å². The maximum atomic E-state index is 13.0. The molecular formula is C18H25N3O3. The van der Waals surface area contributed by atoms with Crippen LogP contribution in [0.3, 0.4) is 0 Å². The molecule has 1 aliphatic heterocycles. The Kier molecular flexibility index (Phi) is 4.47. The van der Waals surface area contributed by atoms with Gasteiger partial charge in [-0.1, -0.05) is 19.0 Å². The number of hydrogen-bond acceptors (Lipinski definition) is 5. The first-order valence-corrected chi connectivity index (χ1v) is 8.59. The minimum Gasteiger partial charge on any atom is -0.466 e. The van der Waals surface area contributed by atoms with Gasteiger partial charge in [0.2, 0.25) is 11.8 Å². The van der Waals surface area contributed by atoms with E-state index in [2.05, 4.69) is 10.1 Å². The molecule has 1 amide bonds. The Morgan fingerprint density at radius 3 is 2.67 bits per heavy atom. The highest BCUT2D eigenvalue weighted by atomic mass is 16.5. The van der Waals surface area contributed by atoms with Crippen LogP contribution in [0.4, 0.5) is 0 Å². The molecule has 0 aliphatic carbocycles. The number of rotatable bonds is 4. The van der Waals surface area contributed by atoms with Gasteiger partial charge in [-0.2, -0.15) is 4.98 Å². The number of nitrogens with zero attached hydrogens (tertiary/aromatic N) is 3. The van der Waals surface area contributed by atoms with Gasteiger partial charge in [0.05, 0.1) is 12.0 Å². The molecule has 1 fully saturated rings. The molecule has 2 aromatic rings. The van der Waals surface area contributed by atoms with Crippen molar-refractivity contribution in [1.82, 2.24) is 15.0 Å². The fourth-order valence-corrected chi connectivity index (χ4v) is 3.38. The van der Waals surface area contributed by atoms with E-state index in [-0.39, 0.29) is 23.8 Å². The summed E-state index contributed by atoms with van der Waals surface area (Å²) in [5.41, 5.74) is 0.958. The normalized spacial score (nSPS) is 19.2. The monoisotopic (exact) mass is 331 g/mol. The largest absolute Gasteiger partial charge is 0.466 e. The van der Waals surface area contributed by atoms with Gasteiger partial charge < -0.3 is 13.8 Å². The zero-order chi connectivity index (χ0) is 17.4. The van der Waals surface area contributed by atoms with E-state index in [4.69, 9.17) is 8.94 Å². The molecule has 0 radical (unpaired) electrons. The lowest BCUT2D eigenvalue weighted by Crippen LogP contribution is -2.34. The van der Waals surface area contributed by atoms with Crippen LogP contribution in [-0.4, -0.2) is 27.5 Å². The van der Waals surface area contributed by atoms with Crippen LogP contribution in [0.1, 0.15) is 80.3 Å². The van der Waals surface area contributed by atoms with Gasteiger partial charge in [0.15, 0.2) is 5.82 Å². The Hall–Kier alpha value is -2.11. The molecule has 1 aliphatic rings. The van der Waals surface area contributed by atoms with Gasteiger partial charge in [-0.3, -0.25) is 4.79 Å². The average molecular weight is 331 g/mol. The van der Waals surface area contributed by atoms with Crippen LogP contribution in [0.15, 0.2) is 15.0 Å². The molecule has 0 saturated carbocycles. The molecule has 24 heavy (non-hydrogen) atoms. The van der Waals surface area contributed by atoms with Crippen molar-refractivity contribution in [3.8, 4) is 0 Å². The van der Waals surface area contributed by atoms with Crippen molar-refractivity contribution in [2.45, 2.75) is 65.3 Å². The van der Waals surface area contributed by atoms with E-state index in [1.807, 2.05) is 45.6 Å². The summed E-state index contributed by atoms with van der Waals surface area (Å²) in [6, 6.07) is 1.86. The average Bonchev–Trinajstić information content (AvgIpc) is 3.23. The molecule has 1 saturated heterocycles. The van der Waals surface area contributed by atoms with E-state index in [9.17, 15) is 4.79 Å². The summed E-state index contributed by atoms with van der Waals surface area (Å²) in [7, 11) is 0. The van der Waals surface area contributed by atoms with Crippen molar-refractivity contribution < 1.29 is 13.7 Å². The van der Waals surface area contributed by atoms with Crippen LogP contribution in [0, 0.1) is 13.8 Å². The predicted octanol–water partition coefficient (Wildman–Crippen LogP) is 3.87. The molecule has 130 valence electrons. The molecule has 0 spiro atoms. The number of carbonyl (C=O) groups is 1. The van der Waals surface area contributed by atoms with Crippen molar-refractivity contribution in [2.24, 2.45) is 0 Å². The number of aryl methyl sites for hydroxylation is 2. The molecule has 0 aromatic carbocycles. The predicted molar refractivity (Wildman–Crippen MR) is 88.7 cm³/mol. The number of amides is 1. The lowest BCUT2D eigenvalue weighted by Gasteiger charge is -2.25. The van der Waals surface area contributed by atoms with E-state index < -0.39 is 0 Å². The number of hydrogen-bond donors (Lipinski definition) is 0. The second-order valence-corrected chi connectivity index (χ2v) is 6.93. The SMILES string of the molecule is Cc1cc(C(C)C(=O)N2CCCC2c2noc(C(C)C)n2)c(C)o1. The summed E-state index contributed by atoms with van der Waals surface area (Å²) < 4.78 is 10.9. The number of likely N-dealkylation sites (tertiary alicyclic amines) is 1. The number of furan rings is 1. The van der Waals surface area contributed by atoms with Crippen molar-refractivity contribution in [3.05, 3.63) is 34.9 Å². The summed E-state index contributed by atoms with van der Waals surface area (Å²) in [5, 5.41) is 4.11. The summed E-state index contributed by atoms with van der Waals surface area (Å²) in [6.45, 7) is 10.5. The van der Waals surface area contributed by atoms with E-state index in [0.717, 1.165) is 36.5 Å². The number of carbonyl (C=O) groups excluding carboxylic acids is 1. The van der Waals surface area contributed by atoms with E-state index >= 15 is 0 Å². The molecule has 6 nitrogen and oxygen atoms in total. The second kappa shape index (κ2) is 6.42. The molecule has 2 atom stereocenters. The fourth-order valence-electron chi connectivity index (χ4n) is 3.38. The van der Waals surface area contributed by atoms with Crippen LogP contribution in [0.2, 0.25) is 0 Å². The van der Waals surface area contributed by atoms with Crippen LogP contribution < -0.4 is 0 Å². The Balaban J connectivity index is 1.81. The lowest BCUT2D eigenvalue weighted by atomic mass is 9.99. The zero-order valence-electron chi connectivity index (χ0n) is 15.0. The van der Waals surface area contributed by atoms with Gasteiger partial charge in [-0.25, -0.2) is 0 Å². The van der Waals surface area contributed by atoms with Crippen LogP contribution >= 0.6 is 0 Å². The third kappa shape index (κ3) is 2.97. The highest BCUT2D eigenvalue weighted by Crippen LogP contribution is 2.34. The molecule has 2 unspecified atom stereocenters. The van der Waals surface area contributed by atoms with Gasteiger partial charge in [0.1, 0.15) is 11.5 Å². The van der Waals surface area contributed by atoms with Gasteiger partial charge in [-0.15, -0.1) is 0 Å². The molecule has 0 N–H and O–H groups in total. The standard InChI is InChI=1S/C18H25N3O3/c1-10(2)17-19-16(20-24-17)15-7-6-8-21(15)18(22)12(4)14-9-11(3)23-13(14)5/h9-10,12,15H,6-8H2,1-5H3. The first kappa shape index (κ1) is 16.7. The van der Waals surface area contributed by atoms with Gasteiger partial charge in [0, 0.05) is 18.0 Å². The molecule has 6 heteroatoms. The minimum atomic E-state index is -0.237. The maximum absolute atomic E-state index is 13.0. The van der Waals surface area contributed by atoms with Crippen molar-refractivity contribution in [1.29, 1.82) is 0 Å². The Morgan fingerprint density at radius 2 is 2.08 bits per heavy atom. The van der Waals surface area contributed by atoms with Gasteiger partial charge >= 0.3 is 0 Å². The molecule has 2 aromatic heterocycles.